The van der Waals surface area contributed by atoms with Crippen LogP contribution in [0, 0.1) is 6.92 Å². The van der Waals surface area contributed by atoms with E-state index < -0.39 is 0 Å². The highest BCUT2D eigenvalue weighted by Crippen LogP contribution is 2.19. The van der Waals surface area contributed by atoms with Crippen molar-refractivity contribution in [1.82, 2.24) is 5.32 Å². The van der Waals surface area contributed by atoms with Crippen LogP contribution in [0.2, 0.25) is 5.02 Å². The summed E-state index contributed by atoms with van der Waals surface area (Å²) in [6.45, 7) is 7.66. The van der Waals surface area contributed by atoms with Gasteiger partial charge in [0.15, 0.2) is 5.11 Å². The second-order valence-corrected chi connectivity index (χ2v) is 6.22. The number of aryl methyl sites for hydroxylation is 1. The molecule has 0 aromatic heterocycles. The maximum atomic E-state index is 6.11. The first-order chi connectivity index (χ1) is 9.60. The van der Waals surface area contributed by atoms with Crippen LogP contribution >= 0.6 is 23.8 Å². The Morgan fingerprint density at radius 3 is 3.00 bits per heavy atom. The molecule has 20 heavy (non-hydrogen) atoms. The van der Waals surface area contributed by atoms with E-state index in [2.05, 4.69) is 17.6 Å². The van der Waals surface area contributed by atoms with Gasteiger partial charge in [0.1, 0.15) is 6.04 Å². The number of likely N-dealkylation sites (N-methyl/N-ethyl adjacent to an activating group) is 1. The normalized spacial score (nSPS) is 21.8. The Bertz CT molecular complexity index is 478. The van der Waals surface area contributed by atoms with E-state index in [1.807, 2.05) is 25.1 Å². The SMILES string of the molecule is CC[NH+]1CCC[C@@H]1CNC(=S)Nc1ccc(C)c(Cl)c1. The topological polar surface area (TPSA) is 28.5 Å². The second-order valence-electron chi connectivity index (χ2n) is 5.40. The van der Waals surface area contributed by atoms with Gasteiger partial charge in [-0.25, -0.2) is 0 Å². The fraction of sp³-hybridized carbons (Fsp3) is 0.533. The summed E-state index contributed by atoms with van der Waals surface area (Å²) in [6, 6.07) is 6.58. The first-order valence-electron chi connectivity index (χ1n) is 7.25. The molecule has 0 bridgehead atoms. The van der Waals surface area contributed by atoms with Crippen LogP contribution in [0.4, 0.5) is 5.69 Å². The quantitative estimate of drug-likeness (QED) is 0.743. The molecule has 1 aliphatic heterocycles. The standard InChI is InChI=1S/C15H22ClN3S/c1-3-19-8-4-5-13(19)10-17-15(20)18-12-7-6-11(2)14(16)9-12/h6-7,9,13H,3-5,8,10H2,1-2H3,(H2,17,18,20)/p+1/t13-/m1/s1. The molecular formula is C15H23ClN3S+. The first-order valence-corrected chi connectivity index (χ1v) is 8.04. The van der Waals surface area contributed by atoms with Crippen molar-refractivity contribution in [1.29, 1.82) is 0 Å². The number of nitrogens with one attached hydrogen (secondary N) is 3. The molecule has 1 aromatic carbocycles. The maximum Gasteiger partial charge on any atom is 0.170 e. The van der Waals surface area contributed by atoms with E-state index in [-0.39, 0.29) is 0 Å². The monoisotopic (exact) mass is 312 g/mol. The Kier molecular flexibility index (Phi) is 5.64. The summed E-state index contributed by atoms with van der Waals surface area (Å²) in [4.78, 5) is 1.68. The Labute approximate surface area is 131 Å². The van der Waals surface area contributed by atoms with Crippen molar-refractivity contribution in [3.63, 3.8) is 0 Å². The summed E-state index contributed by atoms with van der Waals surface area (Å²) >= 11 is 11.5. The van der Waals surface area contributed by atoms with Crippen molar-refractivity contribution in [2.24, 2.45) is 0 Å². The summed E-state index contributed by atoms with van der Waals surface area (Å²) in [6.07, 6.45) is 2.61. The molecule has 1 fully saturated rings. The fourth-order valence-electron chi connectivity index (χ4n) is 2.76. The van der Waals surface area contributed by atoms with Gasteiger partial charge in [-0.15, -0.1) is 0 Å². The number of halogens is 1. The highest BCUT2D eigenvalue weighted by atomic mass is 35.5. The molecule has 0 saturated carbocycles. The Morgan fingerprint density at radius 2 is 2.30 bits per heavy atom. The third-order valence-electron chi connectivity index (χ3n) is 4.02. The molecule has 5 heteroatoms. The number of anilines is 1. The predicted molar refractivity (Wildman–Crippen MR) is 89.8 cm³/mol. The average Bonchev–Trinajstić information content (AvgIpc) is 2.88. The van der Waals surface area contributed by atoms with Gasteiger partial charge in [0, 0.05) is 23.6 Å². The van der Waals surface area contributed by atoms with Crippen molar-refractivity contribution in [2.75, 3.05) is 25.0 Å². The molecule has 0 amide bonds. The van der Waals surface area contributed by atoms with Crippen molar-refractivity contribution in [3.8, 4) is 0 Å². The van der Waals surface area contributed by atoms with E-state index in [1.165, 1.54) is 25.9 Å². The molecule has 0 aliphatic carbocycles. The highest BCUT2D eigenvalue weighted by molar-refractivity contribution is 7.80. The van der Waals surface area contributed by atoms with E-state index in [0.717, 1.165) is 22.8 Å². The molecule has 0 radical (unpaired) electrons. The van der Waals surface area contributed by atoms with Gasteiger partial charge in [0.2, 0.25) is 0 Å². The highest BCUT2D eigenvalue weighted by Gasteiger charge is 2.26. The van der Waals surface area contributed by atoms with Gasteiger partial charge in [-0.05, 0) is 43.8 Å². The lowest BCUT2D eigenvalue weighted by atomic mass is 10.2. The molecule has 110 valence electrons. The second kappa shape index (κ2) is 7.25. The summed E-state index contributed by atoms with van der Waals surface area (Å²) in [5.41, 5.74) is 2.01. The number of hydrogen-bond donors (Lipinski definition) is 3. The van der Waals surface area contributed by atoms with Gasteiger partial charge in [0.05, 0.1) is 19.6 Å². The van der Waals surface area contributed by atoms with Crippen LogP contribution in [0.1, 0.15) is 25.3 Å². The number of quaternary nitrogens is 1. The van der Waals surface area contributed by atoms with Crippen molar-refractivity contribution >= 4 is 34.6 Å². The van der Waals surface area contributed by atoms with Gasteiger partial charge in [-0.1, -0.05) is 17.7 Å². The molecule has 1 aromatic rings. The molecule has 1 heterocycles. The Hall–Kier alpha value is -0.840. The Morgan fingerprint density at radius 1 is 1.50 bits per heavy atom. The maximum absolute atomic E-state index is 6.11. The van der Waals surface area contributed by atoms with Gasteiger partial charge < -0.3 is 15.5 Å². The zero-order valence-corrected chi connectivity index (χ0v) is 13.7. The summed E-state index contributed by atoms with van der Waals surface area (Å²) in [5.74, 6) is 0. The van der Waals surface area contributed by atoms with Crippen LogP contribution in [0.15, 0.2) is 18.2 Å². The van der Waals surface area contributed by atoms with E-state index >= 15 is 0 Å². The minimum absolute atomic E-state index is 0.673. The van der Waals surface area contributed by atoms with E-state index in [0.29, 0.717) is 11.2 Å². The molecule has 1 unspecified atom stereocenters. The number of likely N-dealkylation sites (tertiary alicyclic amines) is 1. The molecule has 3 N–H and O–H groups in total. The lowest BCUT2D eigenvalue weighted by Gasteiger charge is -2.21. The van der Waals surface area contributed by atoms with Gasteiger partial charge >= 0.3 is 0 Å². The lowest BCUT2D eigenvalue weighted by molar-refractivity contribution is -0.909. The number of hydrogen-bond acceptors (Lipinski definition) is 1. The van der Waals surface area contributed by atoms with E-state index in [4.69, 9.17) is 23.8 Å². The summed E-state index contributed by atoms with van der Waals surface area (Å²) < 4.78 is 0. The van der Waals surface area contributed by atoms with Crippen molar-refractivity contribution in [3.05, 3.63) is 28.8 Å². The fourth-order valence-corrected chi connectivity index (χ4v) is 3.14. The minimum Gasteiger partial charge on any atom is -0.356 e. The molecule has 2 atom stereocenters. The third kappa shape index (κ3) is 4.08. The van der Waals surface area contributed by atoms with Gasteiger partial charge in [-0.3, -0.25) is 0 Å². The summed E-state index contributed by atoms with van der Waals surface area (Å²) in [7, 11) is 0. The predicted octanol–water partition coefficient (Wildman–Crippen LogP) is 2.00. The van der Waals surface area contributed by atoms with Crippen LogP contribution in [-0.4, -0.2) is 30.8 Å². The van der Waals surface area contributed by atoms with Gasteiger partial charge in [-0.2, -0.15) is 0 Å². The molecule has 3 nitrogen and oxygen atoms in total. The number of benzene rings is 1. The van der Waals surface area contributed by atoms with Gasteiger partial charge in [0.25, 0.3) is 0 Å². The molecule has 1 saturated heterocycles. The lowest BCUT2D eigenvalue weighted by Crippen LogP contribution is -3.14. The van der Waals surface area contributed by atoms with Crippen LogP contribution < -0.4 is 15.5 Å². The third-order valence-corrected chi connectivity index (χ3v) is 4.67. The van der Waals surface area contributed by atoms with Crippen LogP contribution in [0.25, 0.3) is 0 Å². The Balaban J connectivity index is 1.81. The smallest absolute Gasteiger partial charge is 0.170 e. The van der Waals surface area contributed by atoms with Crippen molar-refractivity contribution < 1.29 is 4.90 Å². The van der Waals surface area contributed by atoms with Crippen molar-refractivity contribution in [2.45, 2.75) is 32.7 Å². The largest absolute Gasteiger partial charge is 0.356 e. The molecule has 1 aliphatic rings. The summed E-state index contributed by atoms with van der Waals surface area (Å²) in [5, 5.41) is 7.95. The number of rotatable bonds is 4. The zero-order valence-electron chi connectivity index (χ0n) is 12.1. The minimum atomic E-state index is 0.673. The van der Waals surface area contributed by atoms with Crippen LogP contribution in [0.3, 0.4) is 0 Å². The molecule has 2 rings (SSSR count). The molecule has 0 spiro atoms. The average molecular weight is 313 g/mol. The van der Waals surface area contributed by atoms with E-state index in [9.17, 15) is 0 Å². The van der Waals surface area contributed by atoms with Crippen LogP contribution in [-0.2, 0) is 0 Å². The van der Waals surface area contributed by atoms with Crippen LogP contribution in [0.5, 0.6) is 0 Å². The number of thiocarbonyl (C=S) groups is 1. The zero-order chi connectivity index (χ0) is 14.5. The van der Waals surface area contributed by atoms with E-state index in [1.54, 1.807) is 4.90 Å². The first kappa shape index (κ1) is 15.5. The molecular weight excluding hydrogens is 290 g/mol.